The fraction of sp³-hybridized carbons (Fsp3) is 0.833. The Morgan fingerprint density at radius 3 is 2.48 bits per heavy atom. The van der Waals surface area contributed by atoms with Crippen LogP contribution in [-0.4, -0.2) is 32.3 Å². The van der Waals surface area contributed by atoms with Crippen LogP contribution in [0.15, 0.2) is 6.20 Å². The summed E-state index contributed by atoms with van der Waals surface area (Å²) in [5, 5.41) is 8.35. The molecule has 0 aromatic carbocycles. The van der Waals surface area contributed by atoms with Gasteiger partial charge >= 0.3 is 0 Å². The Hall–Kier alpha value is -0.840. The molecule has 0 N–H and O–H groups in total. The van der Waals surface area contributed by atoms with Crippen LogP contribution in [-0.2, 0) is 17.8 Å². The van der Waals surface area contributed by atoms with Crippen LogP contribution in [0.1, 0.15) is 77.3 Å². The van der Waals surface area contributed by atoms with Crippen LogP contribution in [0.3, 0.4) is 0 Å². The first-order chi connectivity index (χ1) is 11.2. The van der Waals surface area contributed by atoms with Gasteiger partial charge in [-0.2, -0.15) is 11.8 Å². The number of thioether (sulfide) groups is 1. The van der Waals surface area contributed by atoms with Crippen molar-refractivity contribution in [3.63, 3.8) is 0 Å². The van der Waals surface area contributed by atoms with E-state index < -0.39 is 0 Å². The van der Waals surface area contributed by atoms with Crippen molar-refractivity contribution in [2.45, 2.75) is 84.6 Å². The zero-order chi connectivity index (χ0) is 16.8. The van der Waals surface area contributed by atoms with Gasteiger partial charge in [0.1, 0.15) is 5.78 Å². The van der Waals surface area contributed by atoms with Gasteiger partial charge in [-0.15, -0.1) is 5.10 Å². The van der Waals surface area contributed by atoms with Gasteiger partial charge in [0, 0.05) is 24.9 Å². The van der Waals surface area contributed by atoms with E-state index in [4.69, 9.17) is 0 Å². The third kappa shape index (κ3) is 11.4. The molecule has 0 fully saturated rings. The number of hydrogen-bond acceptors (Lipinski definition) is 4. The summed E-state index contributed by atoms with van der Waals surface area (Å²) in [7, 11) is 0. The number of carbonyl (C=O) groups is 1. The highest BCUT2D eigenvalue weighted by Crippen LogP contribution is 2.12. The van der Waals surface area contributed by atoms with Crippen molar-refractivity contribution in [3.8, 4) is 0 Å². The van der Waals surface area contributed by atoms with Gasteiger partial charge in [0.2, 0.25) is 0 Å². The van der Waals surface area contributed by atoms with E-state index >= 15 is 0 Å². The third-order valence-electron chi connectivity index (χ3n) is 3.86. The summed E-state index contributed by atoms with van der Waals surface area (Å²) < 4.78 is 1.95. The summed E-state index contributed by atoms with van der Waals surface area (Å²) in [5.74, 6) is 2.52. The molecule has 0 unspecified atom stereocenters. The highest BCUT2D eigenvalue weighted by Gasteiger charge is 2.00. The van der Waals surface area contributed by atoms with Gasteiger partial charge in [0.15, 0.2) is 0 Å². The Balaban J connectivity index is 1.83. The Labute approximate surface area is 145 Å². The van der Waals surface area contributed by atoms with Gasteiger partial charge in [0.05, 0.1) is 5.69 Å². The molecule has 1 heterocycles. The van der Waals surface area contributed by atoms with E-state index in [0.717, 1.165) is 37.3 Å². The van der Waals surface area contributed by atoms with Crippen LogP contribution >= 0.6 is 11.8 Å². The van der Waals surface area contributed by atoms with E-state index in [9.17, 15) is 4.79 Å². The quantitative estimate of drug-likeness (QED) is 0.436. The van der Waals surface area contributed by atoms with E-state index in [1.165, 1.54) is 50.7 Å². The Morgan fingerprint density at radius 1 is 1.09 bits per heavy atom. The predicted octanol–water partition coefficient (Wildman–Crippen LogP) is 4.67. The smallest absolute Gasteiger partial charge is 0.130 e. The molecule has 0 bridgehead atoms. The van der Waals surface area contributed by atoms with E-state index in [1.807, 2.05) is 16.4 Å². The average Bonchev–Trinajstić information content (AvgIpc) is 2.96. The maximum Gasteiger partial charge on any atom is 0.130 e. The second-order valence-corrected chi connectivity index (χ2v) is 7.49. The molecule has 5 heteroatoms. The summed E-state index contributed by atoms with van der Waals surface area (Å²) in [6.45, 7) is 4.81. The number of ketones is 1. The first-order valence-electron chi connectivity index (χ1n) is 9.18. The molecule has 0 amide bonds. The lowest BCUT2D eigenvalue weighted by molar-refractivity contribution is -0.116. The van der Waals surface area contributed by atoms with Crippen molar-refractivity contribution < 1.29 is 4.79 Å². The average molecular weight is 340 g/mol. The molecule has 1 aromatic rings. The van der Waals surface area contributed by atoms with Crippen molar-refractivity contribution >= 4 is 17.5 Å². The highest BCUT2D eigenvalue weighted by atomic mass is 32.2. The van der Waals surface area contributed by atoms with E-state index in [-0.39, 0.29) is 0 Å². The van der Waals surface area contributed by atoms with Gasteiger partial charge in [-0.3, -0.25) is 9.48 Å². The molecule has 0 aliphatic heterocycles. The molecule has 4 nitrogen and oxygen atoms in total. The summed E-state index contributed by atoms with van der Waals surface area (Å²) in [6.07, 6.45) is 14.2. The molecule has 132 valence electrons. The largest absolute Gasteiger partial charge is 0.300 e. The van der Waals surface area contributed by atoms with E-state index in [2.05, 4.69) is 23.4 Å². The lowest BCUT2D eigenvalue weighted by atomic mass is 10.1. The molecular formula is C18H33N3OS. The second-order valence-electron chi connectivity index (χ2n) is 6.26. The standard InChI is InChI=1S/C18H33N3OS/c1-3-13-21-16-18(19-20-21)11-9-7-5-4-6-8-10-14-23-15-12-17(2)22/h16H,3-15H2,1-2H3. The highest BCUT2D eigenvalue weighted by molar-refractivity contribution is 7.99. The molecule has 0 saturated heterocycles. The normalized spacial score (nSPS) is 11.0. The molecular weight excluding hydrogens is 306 g/mol. The maximum atomic E-state index is 10.8. The molecule has 1 aromatic heterocycles. The summed E-state index contributed by atoms with van der Waals surface area (Å²) >= 11 is 1.92. The minimum atomic E-state index is 0.311. The Morgan fingerprint density at radius 2 is 1.78 bits per heavy atom. The van der Waals surface area contributed by atoms with Crippen LogP contribution in [0, 0.1) is 0 Å². The van der Waals surface area contributed by atoms with Gasteiger partial charge in [0.25, 0.3) is 0 Å². The number of carbonyl (C=O) groups excluding carboxylic acids is 1. The zero-order valence-electron chi connectivity index (χ0n) is 14.9. The fourth-order valence-electron chi connectivity index (χ4n) is 2.50. The molecule has 0 spiro atoms. The zero-order valence-corrected chi connectivity index (χ0v) is 15.7. The summed E-state index contributed by atoms with van der Waals surface area (Å²) in [5.41, 5.74) is 1.14. The third-order valence-corrected chi connectivity index (χ3v) is 4.93. The molecule has 0 radical (unpaired) electrons. The number of aromatic nitrogens is 3. The maximum absolute atomic E-state index is 10.8. The van der Waals surface area contributed by atoms with Crippen molar-refractivity contribution in [2.24, 2.45) is 0 Å². The Kier molecular flexibility index (Phi) is 11.9. The predicted molar refractivity (Wildman–Crippen MR) is 99.0 cm³/mol. The molecule has 0 aliphatic rings. The molecule has 1 rings (SSSR count). The van der Waals surface area contributed by atoms with Crippen molar-refractivity contribution in [1.29, 1.82) is 0 Å². The van der Waals surface area contributed by atoms with Crippen LogP contribution in [0.4, 0.5) is 0 Å². The van der Waals surface area contributed by atoms with Crippen molar-refractivity contribution in [3.05, 3.63) is 11.9 Å². The molecule has 0 atom stereocenters. The van der Waals surface area contributed by atoms with Crippen molar-refractivity contribution in [1.82, 2.24) is 15.0 Å². The number of Topliss-reactive ketones (excluding diaryl/α,β-unsaturated/α-hetero) is 1. The SMILES string of the molecule is CCCn1cc(CCCCCCCCCSCCC(C)=O)nn1. The number of nitrogens with zero attached hydrogens (tertiary/aromatic N) is 3. The summed E-state index contributed by atoms with van der Waals surface area (Å²) in [6, 6.07) is 0. The lowest BCUT2D eigenvalue weighted by Crippen LogP contribution is -1.96. The minimum Gasteiger partial charge on any atom is -0.300 e. The first kappa shape index (κ1) is 20.2. The molecule has 0 aliphatic carbocycles. The van der Waals surface area contributed by atoms with E-state index in [0.29, 0.717) is 5.78 Å². The van der Waals surface area contributed by atoms with Gasteiger partial charge in [-0.1, -0.05) is 44.2 Å². The van der Waals surface area contributed by atoms with Crippen LogP contribution in [0.5, 0.6) is 0 Å². The molecule has 23 heavy (non-hydrogen) atoms. The molecule has 0 saturated carbocycles. The second kappa shape index (κ2) is 13.6. The van der Waals surface area contributed by atoms with Crippen LogP contribution in [0.25, 0.3) is 0 Å². The number of aryl methyl sites for hydroxylation is 2. The Bertz CT molecular complexity index is 420. The minimum absolute atomic E-state index is 0.311. The monoisotopic (exact) mass is 339 g/mol. The van der Waals surface area contributed by atoms with Crippen molar-refractivity contribution in [2.75, 3.05) is 11.5 Å². The van der Waals surface area contributed by atoms with Gasteiger partial charge < -0.3 is 0 Å². The fourth-order valence-corrected chi connectivity index (χ4v) is 3.55. The first-order valence-corrected chi connectivity index (χ1v) is 10.3. The number of hydrogen-bond donors (Lipinski definition) is 0. The lowest BCUT2D eigenvalue weighted by Gasteiger charge is -2.02. The van der Waals surface area contributed by atoms with Crippen LogP contribution in [0.2, 0.25) is 0 Å². The summed E-state index contributed by atoms with van der Waals surface area (Å²) in [4.78, 5) is 10.8. The van der Waals surface area contributed by atoms with E-state index in [1.54, 1.807) is 6.92 Å². The number of unbranched alkanes of at least 4 members (excludes halogenated alkanes) is 6. The van der Waals surface area contributed by atoms with Gasteiger partial charge in [-0.25, -0.2) is 0 Å². The number of rotatable bonds is 15. The topological polar surface area (TPSA) is 47.8 Å². The van der Waals surface area contributed by atoms with Crippen LogP contribution < -0.4 is 0 Å². The van der Waals surface area contributed by atoms with Gasteiger partial charge in [-0.05, 0) is 38.4 Å².